The molecule has 1 aromatic carbocycles. The zero-order valence-corrected chi connectivity index (χ0v) is 23.2. The number of hydrogen-bond acceptors (Lipinski definition) is 13. The van der Waals surface area contributed by atoms with Crippen molar-refractivity contribution in [1.29, 1.82) is 0 Å². The Morgan fingerprint density at radius 2 is 1.52 bits per heavy atom. The van der Waals surface area contributed by atoms with Gasteiger partial charge in [-0.05, 0) is 37.0 Å². The van der Waals surface area contributed by atoms with E-state index in [0.29, 0.717) is 18.1 Å². The number of nitrogens with one attached hydrogen (secondary N) is 1. The van der Waals surface area contributed by atoms with E-state index in [-0.39, 0.29) is 24.2 Å². The molecule has 42 heavy (non-hydrogen) atoms. The van der Waals surface area contributed by atoms with Crippen LogP contribution < -0.4 is 10.1 Å². The van der Waals surface area contributed by atoms with Crippen molar-refractivity contribution in [2.45, 2.75) is 112 Å². The van der Waals surface area contributed by atoms with Crippen LogP contribution in [0.4, 0.5) is 0 Å². The van der Waals surface area contributed by atoms with Gasteiger partial charge in [-0.2, -0.15) is 0 Å². The lowest BCUT2D eigenvalue weighted by Gasteiger charge is -2.45. The molecule has 5 rings (SSSR count). The molecule has 236 valence electrons. The van der Waals surface area contributed by atoms with Crippen LogP contribution in [0, 0.1) is 5.92 Å². The van der Waals surface area contributed by atoms with E-state index in [1.165, 1.54) is 6.92 Å². The molecule has 14 nitrogen and oxygen atoms in total. The van der Waals surface area contributed by atoms with Gasteiger partial charge in [0.2, 0.25) is 12.2 Å². The summed E-state index contributed by atoms with van der Waals surface area (Å²) in [6, 6.07) is 7.01. The van der Waals surface area contributed by atoms with Crippen molar-refractivity contribution in [2.24, 2.45) is 5.92 Å². The molecule has 1 aromatic rings. The smallest absolute Gasteiger partial charge is 0.229 e. The van der Waals surface area contributed by atoms with Gasteiger partial charge in [0.1, 0.15) is 54.6 Å². The number of hydrogen-bond donors (Lipinski definition) is 8. The Hall–Kier alpha value is -1.95. The van der Waals surface area contributed by atoms with E-state index in [1.807, 2.05) is 12.1 Å². The first-order valence-corrected chi connectivity index (χ1v) is 14.4. The summed E-state index contributed by atoms with van der Waals surface area (Å²) in [5.74, 6) is 0.551. The average molecular weight is 600 g/mol. The molecule has 14 atom stereocenters. The monoisotopic (exact) mass is 599 g/mol. The molecule has 1 aliphatic carbocycles. The first kappa shape index (κ1) is 31.5. The largest absolute Gasteiger partial charge is 0.462 e. The van der Waals surface area contributed by atoms with Crippen LogP contribution in [0.15, 0.2) is 24.3 Å². The number of carbonyl (C=O) groups is 1. The van der Waals surface area contributed by atoms with Gasteiger partial charge in [-0.3, -0.25) is 4.79 Å². The Bertz CT molecular complexity index is 1040. The summed E-state index contributed by atoms with van der Waals surface area (Å²) < 4.78 is 28.7. The second kappa shape index (κ2) is 13.4. The van der Waals surface area contributed by atoms with Crippen LogP contribution in [-0.2, 0) is 23.7 Å². The lowest BCUT2D eigenvalue weighted by molar-refractivity contribution is -0.352. The van der Waals surface area contributed by atoms with Crippen LogP contribution in [-0.4, -0.2) is 128 Å². The number of aliphatic hydroxyl groups is 7. The summed E-state index contributed by atoms with van der Waals surface area (Å²) >= 11 is 0. The van der Waals surface area contributed by atoms with Crippen molar-refractivity contribution in [3.05, 3.63) is 29.8 Å². The fourth-order valence-corrected chi connectivity index (χ4v) is 6.45. The van der Waals surface area contributed by atoms with Gasteiger partial charge >= 0.3 is 0 Å². The number of benzene rings is 1. The Morgan fingerprint density at radius 1 is 0.857 bits per heavy atom. The van der Waals surface area contributed by atoms with Crippen LogP contribution in [0.2, 0.25) is 0 Å². The average Bonchev–Trinajstić information content (AvgIpc) is 3.46. The van der Waals surface area contributed by atoms with Crippen molar-refractivity contribution in [3.8, 4) is 5.75 Å². The van der Waals surface area contributed by atoms with Crippen molar-refractivity contribution in [1.82, 2.24) is 5.32 Å². The number of rotatable bonds is 8. The van der Waals surface area contributed by atoms with E-state index in [2.05, 4.69) is 5.32 Å². The molecule has 3 saturated heterocycles. The molecule has 1 saturated carbocycles. The molecule has 4 aliphatic rings. The molecule has 3 heterocycles. The van der Waals surface area contributed by atoms with E-state index in [4.69, 9.17) is 23.7 Å². The molecule has 14 heteroatoms. The third-order valence-electron chi connectivity index (χ3n) is 8.68. The second-order valence-electron chi connectivity index (χ2n) is 11.5. The molecular weight excluding hydrogens is 558 g/mol. The fourth-order valence-electron chi connectivity index (χ4n) is 6.45. The zero-order chi connectivity index (χ0) is 30.1. The van der Waals surface area contributed by atoms with E-state index in [1.54, 1.807) is 12.1 Å². The van der Waals surface area contributed by atoms with Gasteiger partial charge in [0.05, 0.1) is 25.4 Å². The Labute approximate surface area is 242 Å². The van der Waals surface area contributed by atoms with Crippen molar-refractivity contribution >= 4 is 5.91 Å². The SMILES string of the molecule is CC(=O)N[C@@H]1C[C@H](c2ccc(O[C@@H]3O[C@H](CO)[C@@H](O[C@@H]4O[C@H](CO)[C@@H](O)[C@H](O)[C@H]4O)[C@H](O)[C@H]3O)cc2)O[C@@H]2CCC[C@@H]12. The maximum Gasteiger partial charge on any atom is 0.229 e. The Balaban J connectivity index is 1.22. The minimum absolute atomic E-state index is 0.0329. The normalized spacial score (nSPS) is 43.9. The summed E-state index contributed by atoms with van der Waals surface area (Å²) in [6.45, 7) is 0.171. The van der Waals surface area contributed by atoms with Crippen LogP contribution in [0.3, 0.4) is 0 Å². The standard InChI is InChI=1S/C28H41NO13/c1-12(32)29-16-9-18(39-17-4-2-3-15(16)17)13-5-7-14(8-6-13)38-27-25(37)23(35)26(20(11-31)41-27)42-28-24(36)22(34)21(33)19(10-30)40-28/h5-8,15-28,30-31,33-37H,2-4,9-11H2,1H3,(H,29,32)/t15-,16+,17+,18+,19+,20+,21+,22-,23+,24+,25+,26+,27+,28-/m0/s1. The number of ether oxygens (including phenoxy) is 5. The van der Waals surface area contributed by atoms with Crippen LogP contribution in [0.1, 0.15) is 44.3 Å². The van der Waals surface area contributed by atoms with E-state index >= 15 is 0 Å². The number of amides is 1. The molecule has 0 spiro atoms. The van der Waals surface area contributed by atoms with Gasteiger partial charge in [-0.1, -0.05) is 18.6 Å². The molecule has 1 amide bonds. The number of fused-ring (bicyclic) bond motifs is 1. The molecule has 0 radical (unpaired) electrons. The molecule has 0 aromatic heterocycles. The lowest BCUT2D eigenvalue weighted by Crippen LogP contribution is -2.65. The predicted molar refractivity (Wildman–Crippen MR) is 141 cm³/mol. The minimum atomic E-state index is -1.75. The van der Waals surface area contributed by atoms with Crippen LogP contribution in [0.25, 0.3) is 0 Å². The second-order valence-corrected chi connectivity index (χ2v) is 11.5. The summed E-state index contributed by atoms with van der Waals surface area (Å²) in [4.78, 5) is 11.8. The first-order chi connectivity index (χ1) is 20.1. The van der Waals surface area contributed by atoms with E-state index < -0.39 is 74.6 Å². The van der Waals surface area contributed by atoms with Gasteiger partial charge in [0.25, 0.3) is 0 Å². The zero-order valence-electron chi connectivity index (χ0n) is 23.2. The lowest BCUT2D eigenvalue weighted by atomic mass is 9.86. The van der Waals surface area contributed by atoms with Gasteiger partial charge in [0.15, 0.2) is 6.29 Å². The summed E-state index contributed by atoms with van der Waals surface area (Å²) in [5, 5.41) is 74.3. The Morgan fingerprint density at radius 3 is 2.19 bits per heavy atom. The predicted octanol–water partition coefficient (Wildman–Crippen LogP) is -2.18. The highest BCUT2D eigenvalue weighted by Crippen LogP contribution is 2.43. The van der Waals surface area contributed by atoms with Crippen molar-refractivity contribution in [2.75, 3.05) is 13.2 Å². The third-order valence-corrected chi connectivity index (χ3v) is 8.68. The molecule has 4 fully saturated rings. The third kappa shape index (κ3) is 6.44. The van der Waals surface area contributed by atoms with Crippen molar-refractivity contribution in [3.63, 3.8) is 0 Å². The van der Waals surface area contributed by atoms with Gasteiger partial charge in [-0.25, -0.2) is 0 Å². The van der Waals surface area contributed by atoms with Gasteiger partial charge in [-0.15, -0.1) is 0 Å². The summed E-state index contributed by atoms with van der Waals surface area (Å²) in [6.07, 6.45) is -11.8. The van der Waals surface area contributed by atoms with Gasteiger partial charge in [0, 0.05) is 18.9 Å². The topological polar surface area (TPSA) is 217 Å². The highest BCUT2D eigenvalue weighted by molar-refractivity contribution is 5.73. The summed E-state index contributed by atoms with van der Waals surface area (Å²) in [5.41, 5.74) is 0.898. The summed E-state index contributed by atoms with van der Waals surface area (Å²) in [7, 11) is 0. The molecular formula is C28H41NO13. The Kier molecular flexibility index (Phi) is 10.0. The maximum absolute atomic E-state index is 11.8. The molecule has 0 unspecified atom stereocenters. The van der Waals surface area contributed by atoms with Crippen molar-refractivity contribution < 1.29 is 64.2 Å². The number of carbonyl (C=O) groups excluding carboxylic acids is 1. The van der Waals surface area contributed by atoms with E-state index in [9.17, 15) is 40.5 Å². The quantitative estimate of drug-likeness (QED) is 0.160. The molecule has 3 aliphatic heterocycles. The van der Waals surface area contributed by atoms with E-state index in [0.717, 1.165) is 24.8 Å². The highest BCUT2D eigenvalue weighted by atomic mass is 16.7. The first-order valence-electron chi connectivity index (χ1n) is 14.4. The molecule has 8 N–H and O–H groups in total. The minimum Gasteiger partial charge on any atom is -0.462 e. The van der Waals surface area contributed by atoms with Crippen LogP contribution >= 0.6 is 0 Å². The highest BCUT2D eigenvalue weighted by Gasteiger charge is 2.51. The van der Waals surface area contributed by atoms with Gasteiger partial charge < -0.3 is 64.7 Å². The number of aliphatic hydroxyl groups excluding tert-OH is 7. The maximum atomic E-state index is 11.8. The van der Waals surface area contributed by atoms with Crippen LogP contribution in [0.5, 0.6) is 5.75 Å². The fraction of sp³-hybridized carbons (Fsp3) is 0.750. The molecule has 0 bridgehead atoms.